The van der Waals surface area contributed by atoms with Gasteiger partial charge in [0.1, 0.15) is 6.10 Å². The molecular weight excluding hydrogens is 372 g/mol. The molecule has 1 atom stereocenters. The Morgan fingerprint density at radius 3 is 2.00 bits per heavy atom. The van der Waals surface area contributed by atoms with Gasteiger partial charge in [0, 0.05) is 18.1 Å². The molecule has 0 heterocycles. The van der Waals surface area contributed by atoms with E-state index in [1.807, 2.05) is 0 Å². The van der Waals surface area contributed by atoms with Gasteiger partial charge in [0.25, 0.3) is 0 Å². The van der Waals surface area contributed by atoms with Crippen LogP contribution in [0.2, 0.25) is 0 Å². The van der Waals surface area contributed by atoms with E-state index in [0.717, 1.165) is 25.7 Å². The van der Waals surface area contributed by atoms with Gasteiger partial charge in [-0.1, -0.05) is 51.5 Å². The standard InChI is InChI=1S/C21H22F4O2.CH4.H2/c1-11-3-6-13(7-4-11)21(27-26)16-10-9-15(19(24)20(16)25)14-8-5-12(2)17(22)18(14)23;;/h5,8-11,13,21,26H,3-4,6-7H2,1-2H3;1H4;1H. The number of aryl methyl sites for hydroxylation is 1. The molecule has 1 saturated carbocycles. The molecule has 6 heteroatoms. The van der Waals surface area contributed by atoms with Crippen LogP contribution in [0.5, 0.6) is 0 Å². The molecule has 2 aromatic carbocycles. The molecule has 0 aliphatic heterocycles. The van der Waals surface area contributed by atoms with Gasteiger partial charge in [0.15, 0.2) is 23.3 Å². The number of rotatable bonds is 4. The van der Waals surface area contributed by atoms with Gasteiger partial charge in [-0.05, 0) is 37.2 Å². The third-order valence-corrected chi connectivity index (χ3v) is 5.59. The van der Waals surface area contributed by atoms with E-state index in [2.05, 4.69) is 11.8 Å². The molecule has 1 aliphatic carbocycles. The summed E-state index contributed by atoms with van der Waals surface area (Å²) in [5.74, 6) is -4.42. The quantitative estimate of drug-likeness (QED) is 0.328. The van der Waals surface area contributed by atoms with Crippen LogP contribution in [0.1, 0.15) is 58.7 Å². The molecule has 1 fully saturated rings. The maximum absolute atomic E-state index is 14.7. The largest absolute Gasteiger partial charge is 0.251 e. The van der Waals surface area contributed by atoms with E-state index in [-0.39, 0.29) is 37.0 Å². The Balaban J connectivity index is 0.00000210. The first-order chi connectivity index (χ1) is 12.8. The second-order valence-corrected chi connectivity index (χ2v) is 7.43. The lowest BCUT2D eigenvalue weighted by molar-refractivity contribution is -0.296. The van der Waals surface area contributed by atoms with Crippen LogP contribution in [0.3, 0.4) is 0 Å². The highest BCUT2D eigenvalue weighted by Crippen LogP contribution is 2.41. The molecule has 2 nitrogen and oxygen atoms in total. The molecule has 0 amide bonds. The van der Waals surface area contributed by atoms with Crippen LogP contribution in [0.15, 0.2) is 24.3 Å². The van der Waals surface area contributed by atoms with E-state index in [1.165, 1.54) is 31.2 Å². The van der Waals surface area contributed by atoms with Crippen LogP contribution in [0.25, 0.3) is 11.1 Å². The lowest BCUT2D eigenvalue weighted by atomic mass is 9.78. The van der Waals surface area contributed by atoms with Crippen LogP contribution in [0, 0.1) is 42.0 Å². The third-order valence-electron chi connectivity index (χ3n) is 5.59. The third kappa shape index (κ3) is 4.08. The Morgan fingerprint density at radius 2 is 1.43 bits per heavy atom. The fraction of sp³-hybridized carbons (Fsp3) is 0.455. The molecule has 0 spiro atoms. The summed E-state index contributed by atoms with van der Waals surface area (Å²) in [5, 5.41) is 9.31. The maximum atomic E-state index is 14.7. The van der Waals surface area contributed by atoms with Crippen molar-refractivity contribution in [2.24, 2.45) is 11.8 Å². The Hall–Kier alpha value is -1.92. The van der Waals surface area contributed by atoms with Crippen molar-refractivity contribution in [2.45, 2.75) is 53.1 Å². The normalized spacial score (nSPS) is 20.5. The average Bonchev–Trinajstić information content (AvgIpc) is 2.66. The van der Waals surface area contributed by atoms with Crippen LogP contribution in [0.4, 0.5) is 17.6 Å². The SMILES string of the molecule is C.Cc1ccc(-c2ccc(C(OO)C3CCC(C)CC3)c(F)c2F)c(F)c1F.[HH]. The second kappa shape index (κ2) is 9.05. The lowest BCUT2D eigenvalue weighted by Gasteiger charge is -2.31. The average molecular weight is 400 g/mol. The molecule has 1 N–H and O–H groups in total. The molecule has 1 aliphatic rings. The minimum Gasteiger partial charge on any atom is -0.251 e. The Kier molecular flexibility index (Phi) is 7.23. The summed E-state index contributed by atoms with van der Waals surface area (Å²) in [7, 11) is 0. The molecule has 0 radical (unpaired) electrons. The fourth-order valence-corrected chi connectivity index (χ4v) is 3.83. The van der Waals surface area contributed by atoms with Crippen LogP contribution < -0.4 is 0 Å². The topological polar surface area (TPSA) is 29.5 Å². The van der Waals surface area contributed by atoms with Gasteiger partial charge in [0.2, 0.25) is 0 Å². The summed E-state index contributed by atoms with van der Waals surface area (Å²) in [6, 6.07) is 4.98. The number of benzene rings is 2. The van der Waals surface area contributed by atoms with E-state index in [1.54, 1.807) is 0 Å². The predicted octanol–water partition coefficient (Wildman–Crippen LogP) is 7.46. The number of hydrogen-bond donors (Lipinski definition) is 1. The van der Waals surface area contributed by atoms with E-state index >= 15 is 0 Å². The monoisotopic (exact) mass is 400 g/mol. The zero-order chi connectivity index (χ0) is 19.7. The van der Waals surface area contributed by atoms with E-state index in [0.29, 0.717) is 5.92 Å². The summed E-state index contributed by atoms with van der Waals surface area (Å²) in [5.41, 5.74) is -0.768. The van der Waals surface area contributed by atoms with Crippen molar-refractivity contribution in [1.82, 2.24) is 0 Å². The van der Waals surface area contributed by atoms with Crippen molar-refractivity contribution in [3.8, 4) is 11.1 Å². The Morgan fingerprint density at radius 1 is 0.893 bits per heavy atom. The van der Waals surface area contributed by atoms with Gasteiger partial charge in [-0.25, -0.2) is 22.4 Å². The summed E-state index contributed by atoms with van der Waals surface area (Å²) in [4.78, 5) is 4.51. The molecule has 0 saturated heterocycles. The van der Waals surface area contributed by atoms with Crippen LogP contribution in [-0.4, -0.2) is 5.26 Å². The molecule has 156 valence electrons. The first kappa shape index (κ1) is 22.4. The first-order valence-corrected chi connectivity index (χ1v) is 9.08. The number of hydrogen-bond acceptors (Lipinski definition) is 2. The summed E-state index contributed by atoms with van der Waals surface area (Å²) >= 11 is 0. The maximum Gasteiger partial charge on any atom is 0.167 e. The minimum atomic E-state index is -1.29. The highest BCUT2D eigenvalue weighted by atomic mass is 19.2. The summed E-state index contributed by atoms with van der Waals surface area (Å²) < 4.78 is 57.4. The van der Waals surface area contributed by atoms with E-state index in [9.17, 15) is 22.8 Å². The highest BCUT2D eigenvalue weighted by Gasteiger charge is 2.32. The van der Waals surface area contributed by atoms with Crippen molar-refractivity contribution in [3.63, 3.8) is 0 Å². The minimum absolute atomic E-state index is 0. The fourth-order valence-electron chi connectivity index (χ4n) is 3.83. The molecular formula is C22H28F4O2. The second-order valence-electron chi connectivity index (χ2n) is 7.43. The molecule has 0 bridgehead atoms. The summed E-state index contributed by atoms with van der Waals surface area (Å²) in [6.07, 6.45) is 2.29. The van der Waals surface area contributed by atoms with Crippen molar-refractivity contribution in [2.75, 3.05) is 0 Å². The zero-order valence-electron chi connectivity index (χ0n) is 15.2. The van der Waals surface area contributed by atoms with Crippen molar-refractivity contribution < 1.29 is 29.1 Å². The van der Waals surface area contributed by atoms with Gasteiger partial charge >= 0.3 is 0 Å². The van der Waals surface area contributed by atoms with Gasteiger partial charge in [-0.2, -0.15) is 0 Å². The molecule has 28 heavy (non-hydrogen) atoms. The van der Waals surface area contributed by atoms with E-state index < -0.39 is 29.4 Å². The van der Waals surface area contributed by atoms with Crippen molar-refractivity contribution >= 4 is 0 Å². The Labute approximate surface area is 164 Å². The molecule has 1 unspecified atom stereocenters. The van der Waals surface area contributed by atoms with Crippen molar-refractivity contribution in [3.05, 3.63) is 58.7 Å². The van der Waals surface area contributed by atoms with Gasteiger partial charge in [-0.15, -0.1) is 0 Å². The highest BCUT2D eigenvalue weighted by molar-refractivity contribution is 5.66. The molecule has 2 aromatic rings. The number of halogens is 4. The van der Waals surface area contributed by atoms with Gasteiger partial charge in [0.05, 0.1) is 0 Å². The zero-order valence-corrected chi connectivity index (χ0v) is 15.2. The molecule has 0 aromatic heterocycles. The van der Waals surface area contributed by atoms with Crippen molar-refractivity contribution in [1.29, 1.82) is 0 Å². The van der Waals surface area contributed by atoms with Gasteiger partial charge < -0.3 is 0 Å². The van der Waals surface area contributed by atoms with Crippen LogP contribution >= 0.6 is 0 Å². The predicted molar refractivity (Wildman–Crippen MR) is 103 cm³/mol. The lowest BCUT2D eigenvalue weighted by Crippen LogP contribution is -2.22. The first-order valence-electron chi connectivity index (χ1n) is 9.08. The van der Waals surface area contributed by atoms with Gasteiger partial charge in [-0.3, -0.25) is 5.26 Å². The smallest absolute Gasteiger partial charge is 0.167 e. The Bertz CT molecular complexity index is 836. The van der Waals surface area contributed by atoms with E-state index in [4.69, 9.17) is 0 Å². The molecule has 3 rings (SSSR count). The summed E-state index contributed by atoms with van der Waals surface area (Å²) in [6.45, 7) is 3.51. The van der Waals surface area contributed by atoms with Crippen LogP contribution in [-0.2, 0) is 4.89 Å².